The van der Waals surface area contributed by atoms with Gasteiger partial charge in [-0.1, -0.05) is 41.4 Å². The minimum atomic E-state index is -0.465. The van der Waals surface area contributed by atoms with Gasteiger partial charge >= 0.3 is 0 Å². The zero-order valence-electron chi connectivity index (χ0n) is 18.8. The number of anilines is 1. The molecule has 0 saturated heterocycles. The number of carbonyl (C=O) groups is 1. The number of nitrogens with one attached hydrogen (secondary N) is 1. The normalized spacial score (nSPS) is 11.2. The molecule has 0 saturated carbocycles. The van der Waals surface area contributed by atoms with Crippen molar-refractivity contribution in [2.45, 2.75) is 20.0 Å². The predicted octanol–water partition coefficient (Wildman–Crippen LogP) is 5.88. The molecular weight excluding hydrogens is 509 g/mol. The largest absolute Gasteiger partial charge is 0.306 e. The zero-order chi connectivity index (χ0) is 25.4. The molecule has 1 N–H and O–H groups in total. The van der Waals surface area contributed by atoms with Crippen LogP contribution in [0.25, 0.3) is 22.2 Å². The van der Waals surface area contributed by atoms with Gasteiger partial charge in [-0.2, -0.15) is 10.2 Å². The summed E-state index contributed by atoms with van der Waals surface area (Å²) in [5.41, 5.74) is 3.09. The molecule has 0 atom stereocenters. The summed E-state index contributed by atoms with van der Waals surface area (Å²) in [5, 5.41) is 12.6. The number of hydrogen-bond acceptors (Lipinski definition) is 4. The number of rotatable bonds is 6. The number of aromatic nitrogens is 5. The molecule has 0 aliphatic carbocycles. The Morgan fingerprint density at radius 3 is 2.56 bits per heavy atom. The molecule has 7 nitrogen and oxygen atoms in total. The van der Waals surface area contributed by atoms with Crippen LogP contribution in [-0.2, 0) is 17.9 Å². The molecule has 36 heavy (non-hydrogen) atoms. The first-order chi connectivity index (χ1) is 17.3. The number of halogens is 4. The van der Waals surface area contributed by atoms with Gasteiger partial charge in [-0.3, -0.25) is 9.48 Å². The molecule has 0 unspecified atom stereocenters. The molecule has 3 heterocycles. The van der Waals surface area contributed by atoms with Crippen molar-refractivity contribution in [2.24, 2.45) is 0 Å². The maximum absolute atomic E-state index is 14.1. The van der Waals surface area contributed by atoms with E-state index in [-0.39, 0.29) is 40.3 Å². The summed E-state index contributed by atoms with van der Waals surface area (Å²) in [7, 11) is 0. The number of hydrogen-bond donors (Lipinski definition) is 1. The SMILES string of the molecule is Cc1nn(CC(=O)Nc2nn(Cc3c(F)cccc3Cl)cc2Cl)c2nccc(-c3ccc(F)cc3)c12. The molecule has 2 aromatic carbocycles. The summed E-state index contributed by atoms with van der Waals surface area (Å²) < 4.78 is 30.4. The number of carbonyl (C=O) groups excluding carboxylic acids is 1. The molecule has 0 radical (unpaired) electrons. The molecule has 5 aromatic rings. The summed E-state index contributed by atoms with van der Waals surface area (Å²) >= 11 is 12.3. The van der Waals surface area contributed by atoms with Crippen LogP contribution < -0.4 is 5.32 Å². The maximum Gasteiger partial charge on any atom is 0.247 e. The van der Waals surface area contributed by atoms with Gasteiger partial charge in [-0.05, 0) is 48.4 Å². The average Bonchev–Trinajstić information content (AvgIpc) is 3.35. The fourth-order valence-electron chi connectivity index (χ4n) is 3.98. The predicted molar refractivity (Wildman–Crippen MR) is 134 cm³/mol. The van der Waals surface area contributed by atoms with Crippen molar-refractivity contribution in [3.8, 4) is 11.1 Å². The van der Waals surface area contributed by atoms with Crippen LogP contribution in [0.15, 0.2) is 60.9 Å². The number of fused-ring (bicyclic) bond motifs is 1. The number of pyridine rings is 1. The molecule has 0 aliphatic rings. The molecule has 182 valence electrons. The second kappa shape index (κ2) is 9.67. The number of aryl methyl sites for hydroxylation is 1. The zero-order valence-corrected chi connectivity index (χ0v) is 20.4. The highest BCUT2D eigenvalue weighted by Gasteiger charge is 2.18. The lowest BCUT2D eigenvalue weighted by Crippen LogP contribution is -2.20. The molecule has 3 aromatic heterocycles. The van der Waals surface area contributed by atoms with E-state index >= 15 is 0 Å². The summed E-state index contributed by atoms with van der Waals surface area (Å²) in [4.78, 5) is 17.2. The molecule has 5 rings (SSSR count). The van der Waals surface area contributed by atoms with Crippen molar-refractivity contribution >= 4 is 46.0 Å². The summed E-state index contributed by atoms with van der Waals surface area (Å²) in [5.74, 6) is -1.09. The smallest absolute Gasteiger partial charge is 0.247 e. The average molecular weight is 527 g/mol. The van der Waals surface area contributed by atoms with Gasteiger partial charge in [0.1, 0.15) is 23.2 Å². The Morgan fingerprint density at radius 2 is 1.81 bits per heavy atom. The van der Waals surface area contributed by atoms with Crippen molar-refractivity contribution in [1.29, 1.82) is 0 Å². The van der Waals surface area contributed by atoms with Crippen LogP contribution in [0.1, 0.15) is 11.3 Å². The second-order valence-corrected chi connectivity index (χ2v) is 8.89. The fraction of sp³-hybridized carbons (Fsp3) is 0.120. The van der Waals surface area contributed by atoms with Crippen LogP contribution in [0.3, 0.4) is 0 Å². The summed E-state index contributed by atoms with van der Waals surface area (Å²) in [6.07, 6.45) is 3.09. The van der Waals surface area contributed by atoms with E-state index in [1.165, 1.54) is 39.8 Å². The first-order valence-corrected chi connectivity index (χ1v) is 11.6. The molecule has 0 fully saturated rings. The van der Waals surface area contributed by atoms with E-state index in [0.717, 1.165) is 16.5 Å². The number of benzene rings is 2. The Balaban J connectivity index is 1.36. The molecule has 1 amide bonds. The Kier molecular flexibility index (Phi) is 6.42. The van der Waals surface area contributed by atoms with E-state index in [1.807, 2.05) is 13.0 Å². The number of nitrogens with zero attached hydrogens (tertiary/aromatic N) is 5. The summed E-state index contributed by atoms with van der Waals surface area (Å²) in [6, 6.07) is 12.4. The van der Waals surface area contributed by atoms with Gasteiger partial charge in [0.25, 0.3) is 0 Å². The minimum Gasteiger partial charge on any atom is -0.306 e. The lowest BCUT2D eigenvalue weighted by molar-refractivity contribution is -0.116. The molecule has 0 bridgehead atoms. The first kappa shape index (κ1) is 23.9. The maximum atomic E-state index is 14.1. The van der Waals surface area contributed by atoms with Gasteiger partial charge in [0.2, 0.25) is 5.91 Å². The van der Waals surface area contributed by atoms with Crippen LogP contribution in [-0.4, -0.2) is 30.5 Å². The molecule has 11 heteroatoms. The van der Waals surface area contributed by atoms with Crippen LogP contribution in [0.4, 0.5) is 14.6 Å². The van der Waals surface area contributed by atoms with Crippen LogP contribution in [0.5, 0.6) is 0 Å². The quantitative estimate of drug-likeness (QED) is 0.300. The molecule has 0 aliphatic heterocycles. The topological polar surface area (TPSA) is 77.6 Å². The van der Waals surface area contributed by atoms with Crippen molar-refractivity contribution in [3.05, 3.63) is 93.9 Å². The third-order valence-electron chi connectivity index (χ3n) is 5.61. The highest BCUT2D eigenvalue weighted by molar-refractivity contribution is 6.33. The van der Waals surface area contributed by atoms with E-state index in [2.05, 4.69) is 20.5 Å². The van der Waals surface area contributed by atoms with Gasteiger partial charge in [0.15, 0.2) is 11.5 Å². The van der Waals surface area contributed by atoms with Crippen molar-refractivity contribution in [3.63, 3.8) is 0 Å². The lowest BCUT2D eigenvalue weighted by Gasteiger charge is -2.07. The van der Waals surface area contributed by atoms with E-state index in [0.29, 0.717) is 11.3 Å². The Bertz CT molecular complexity index is 1580. The molecular formula is C25H18Cl2F2N6O. The number of amides is 1. The van der Waals surface area contributed by atoms with Crippen molar-refractivity contribution < 1.29 is 13.6 Å². The van der Waals surface area contributed by atoms with E-state index in [9.17, 15) is 13.6 Å². The third kappa shape index (κ3) is 4.67. The standard InChI is InChI=1S/C25H18Cl2F2N6O/c1-14-23-17(15-5-7-16(28)8-6-15)9-10-30-25(23)35(32-14)13-22(36)31-24-20(27)12-34(33-24)11-18-19(26)3-2-4-21(18)29/h2-10,12H,11,13H2,1H3,(H,31,33,36). The highest BCUT2D eigenvalue weighted by atomic mass is 35.5. The van der Waals surface area contributed by atoms with Crippen LogP contribution in [0, 0.1) is 18.6 Å². The van der Waals surface area contributed by atoms with E-state index in [4.69, 9.17) is 23.2 Å². The van der Waals surface area contributed by atoms with Crippen LogP contribution >= 0.6 is 23.2 Å². The first-order valence-electron chi connectivity index (χ1n) is 10.8. The highest BCUT2D eigenvalue weighted by Crippen LogP contribution is 2.30. The van der Waals surface area contributed by atoms with Gasteiger partial charge in [-0.25, -0.2) is 18.4 Å². The Labute approximate surface area is 214 Å². The van der Waals surface area contributed by atoms with E-state index in [1.54, 1.807) is 24.4 Å². The minimum absolute atomic E-state index is 0.0418. The lowest BCUT2D eigenvalue weighted by atomic mass is 10.0. The summed E-state index contributed by atoms with van der Waals surface area (Å²) in [6.45, 7) is 1.71. The van der Waals surface area contributed by atoms with Gasteiger partial charge in [0.05, 0.1) is 12.2 Å². The van der Waals surface area contributed by atoms with E-state index < -0.39 is 11.7 Å². The second-order valence-electron chi connectivity index (χ2n) is 8.08. The Morgan fingerprint density at radius 1 is 1.03 bits per heavy atom. The fourth-order valence-corrected chi connectivity index (χ4v) is 4.40. The molecule has 0 spiro atoms. The van der Waals surface area contributed by atoms with Gasteiger partial charge < -0.3 is 5.32 Å². The van der Waals surface area contributed by atoms with Gasteiger partial charge in [-0.15, -0.1) is 0 Å². The van der Waals surface area contributed by atoms with Gasteiger partial charge in [0, 0.05) is 28.4 Å². The Hall–Kier alpha value is -3.82. The van der Waals surface area contributed by atoms with Crippen LogP contribution in [0.2, 0.25) is 10.0 Å². The monoisotopic (exact) mass is 526 g/mol. The van der Waals surface area contributed by atoms with Crippen molar-refractivity contribution in [2.75, 3.05) is 5.32 Å². The van der Waals surface area contributed by atoms with Crippen molar-refractivity contribution in [1.82, 2.24) is 24.5 Å². The third-order valence-corrected chi connectivity index (χ3v) is 6.24.